The number of nitrogens with zero attached hydrogens (tertiary/aromatic N) is 2. The predicted octanol–water partition coefficient (Wildman–Crippen LogP) is 3.15. The summed E-state index contributed by atoms with van der Waals surface area (Å²) >= 11 is 1.00. The van der Waals surface area contributed by atoms with Crippen molar-refractivity contribution in [1.29, 1.82) is 0 Å². The van der Waals surface area contributed by atoms with E-state index in [0.717, 1.165) is 11.3 Å². The molecule has 0 spiro atoms. The van der Waals surface area contributed by atoms with E-state index in [1.807, 2.05) is 0 Å². The van der Waals surface area contributed by atoms with Crippen LogP contribution in [0.5, 0.6) is 0 Å². The third-order valence-electron chi connectivity index (χ3n) is 3.29. The van der Waals surface area contributed by atoms with Gasteiger partial charge in [-0.15, -0.1) is 0 Å². The summed E-state index contributed by atoms with van der Waals surface area (Å²) in [4.78, 5) is 53.5. The van der Waals surface area contributed by atoms with Crippen molar-refractivity contribution in [2.24, 2.45) is 0 Å². The van der Waals surface area contributed by atoms with E-state index < -0.39 is 35.4 Å². The Bertz CT molecular complexity index is 765. The summed E-state index contributed by atoms with van der Waals surface area (Å²) in [6.07, 6.45) is 0.465. The van der Waals surface area contributed by atoms with E-state index in [9.17, 15) is 19.2 Å². The molecule has 30 heavy (non-hydrogen) atoms. The second kappa shape index (κ2) is 10.4. The lowest BCUT2D eigenvalue weighted by Gasteiger charge is -2.27. The molecule has 0 unspecified atom stereocenters. The zero-order valence-corrected chi connectivity index (χ0v) is 19.1. The maximum Gasteiger partial charge on any atom is 0.416 e. The normalized spacial score (nSPS) is 12.5. The lowest BCUT2D eigenvalue weighted by Crippen LogP contribution is -2.46. The van der Waals surface area contributed by atoms with Crippen molar-refractivity contribution in [2.45, 2.75) is 65.2 Å². The number of esters is 1. The molecular weight excluding hydrogens is 414 g/mol. The van der Waals surface area contributed by atoms with Crippen LogP contribution in [0.2, 0.25) is 0 Å². The van der Waals surface area contributed by atoms with Gasteiger partial charge < -0.3 is 19.5 Å². The number of ether oxygens (including phenoxy) is 3. The van der Waals surface area contributed by atoms with Gasteiger partial charge in [0.25, 0.3) is 0 Å². The highest BCUT2D eigenvalue weighted by Gasteiger charge is 2.30. The van der Waals surface area contributed by atoms with E-state index in [1.54, 1.807) is 41.5 Å². The van der Waals surface area contributed by atoms with E-state index in [1.165, 1.54) is 18.2 Å². The van der Waals surface area contributed by atoms with Crippen molar-refractivity contribution < 1.29 is 33.4 Å². The van der Waals surface area contributed by atoms with Gasteiger partial charge in [0.2, 0.25) is 0 Å². The van der Waals surface area contributed by atoms with Crippen molar-refractivity contribution in [3.05, 3.63) is 11.1 Å². The second-order valence-corrected chi connectivity index (χ2v) is 9.35. The summed E-state index contributed by atoms with van der Waals surface area (Å²) in [6, 6.07) is -1.07. The first kappa shape index (κ1) is 25.3. The molecule has 0 aromatic carbocycles. The lowest BCUT2D eigenvalue weighted by molar-refractivity contribution is -0.143. The fraction of sp³-hybridized carbons (Fsp3) is 0.632. The van der Waals surface area contributed by atoms with Crippen molar-refractivity contribution in [1.82, 2.24) is 10.3 Å². The molecule has 0 saturated carbocycles. The first-order chi connectivity index (χ1) is 13.8. The summed E-state index contributed by atoms with van der Waals surface area (Å²) in [5, 5.41) is 2.68. The van der Waals surface area contributed by atoms with Gasteiger partial charge in [0.05, 0.1) is 18.2 Å². The van der Waals surface area contributed by atoms with Crippen molar-refractivity contribution in [3.63, 3.8) is 0 Å². The number of thiazole rings is 1. The number of rotatable bonds is 7. The zero-order valence-electron chi connectivity index (χ0n) is 18.3. The highest BCUT2D eigenvalue weighted by molar-refractivity contribution is 7.17. The van der Waals surface area contributed by atoms with Crippen LogP contribution >= 0.6 is 11.3 Å². The fourth-order valence-corrected chi connectivity index (χ4v) is 2.88. The number of carbonyl (C=O) groups excluding carboxylic acids is 4. The van der Waals surface area contributed by atoms with Gasteiger partial charge in [0.15, 0.2) is 11.4 Å². The van der Waals surface area contributed by atoms with Gasteiger partial charge in [-0.2, -0.15) is 0 Å². The van der Waals surface area contributed by atoms with Gasteiger partial charge in [-0.3, -0.25) is 9.69 Å². The standard InChI is InChI=1S/C19H29N3O7S/c1-18(2,3)28-16(25)21-13(14(24)27-7)8-9-22(17(26)29-19(4,5)6)15-20-10-12(11-23)30-15/h10-11,13H,8-9H2,1-7H3,(H,21,25)/t13-/m0/s1. The summed E-state index contributed by atoms with van der Waals surface area (Å²) in [5.41, 5.74) is -1.52. The van der Waals surface area contributed by atoms with E-state index in [4.69, 9.17) is 14.2 Å². The highest BCUT2D eigenvalue weighted by Crippen LogP contribution is 2.24. The number of aldehydes is 1. The van der Waals surface area contributed by atoms with Gasteiger partial charge in [0, 0.05) is 6.54 Å². The van der Waals surface area contributed by atoms with E-state index in [2.05, 4.69) is 10.3 Å². The fourth-order valence-electron chi connectivity index (χ4n) is 2.14. The van der Waals surface area contributed by atoms with Gasteiger partial charge in [-0.25, -0.2) is 19.4 Å². The van der Waals surface area contributed by atoms with Crippen molar-refractivity contribution in [3.8, 4) is 0 Å². The summed E-state index contributed by atoms with van der Waals surface area (Å²) in [5.74, 6) is -0.697. The molecule has 2 amide bonds. The Morgan fingerprint density at radius 3 is 2.23 bits per heavy atom. The molecule has 1 aromatic rings. The average molecular weight is 444 g/mol. The Morgan fingerprint density at radius 2 is 1.77 bits per heavy atom. The Morgan fingerprint density at radius 1 is 1.17 bits per heavy atom. The summed E-state index contributed by atoms with van der Waals surface area (Å²) < 4.78 is 15.3. The van der Waals surface area contributed by atoms with Crippen LogP contribution in [0, 0.1) is 0 Å². The molecule has 168 valence electrons. The molecule has 0 saturated heterocycles. The minimum Gasteiger partial charge on any atom is -0.467 e. The molecule has 0 aliphatic carbocycles. The topological polar surface area (TPSA) is 124 Å². The average Bonchev–Trinajstić information content (AvgIpc) is 3.05. The molecule has 0 bridgehead atoms. The first-order valence-corrected chi connectivity index (χ1v) is 10.1. The number of carbonyl (C=O) groups is 4. The zero-order chi connectivity index (χ0) is 23.1. The Labute approximate surface area is 179 Å². The SMILES string of the molecule is COC(=O)[C@H](CCN(C(=O)OC(C)(C)C)c1ncc(C=O)s1)NC(=O)OC(C)(C)C. The Balaban J connectivity index is 3.01. The minimum absolute atomic E-state index is 0.00115. The van der Waals surface area contributed by atoms with E-state index in [-0.39, 0.29) is 18.1 Å². The molecule has 0 aliphatic heterocycles. The smallest absolute Gasteiger partial charge is 0.416 e. The van der Waals surface area contributed by atoms with Crippen LogP contribution in [-0.2, 0) is 19.0 Å². The summed E-state index contributed by atoms with van der Waals surface area (Å²) in [6.45, 7) is 10.2. The predicted molar refractivity (Wildman–Crippen MR) is 111 cm³/mol. The van der Waals surface area contributed by atoms with Crippen LogP contribution in [0.3, 0.4) is 0 Å². The number of amides is 2. The van der Waals surface area contributed by atoms with Crippen molar-refractivity contribution in [2.75, 3.05) is 18.6 Å². The Hall–Kier alpha value is -2.69. The second-order valence-electron chi connectivity index (χ2n) is 8.31. The van der Waals surface area contributed by atoms with Gasteiger partial charge in [-0.1, -0.05) is 11.3 Å². The van der Waals surface area contributed by atoms with Crippen molar-refractivity contribution >= 4 is 40.9 Å². The maximum absolute atomic E-state index is 12.7. The monoisotopic (exact) mass is 443 g/mol. The number of methoxy groups -OCH3 is 1. The molecule has 1 rings (SSSR count). The number of aromatic nitrogens is 1. The van der Waals surface area contributed by atoms with Gasteiger partial charge in [-0.05, 0) is 48.0 Å². The maximum atomic E-state index is 12.7. The number of hydrogen-bond acceptors (Lipinski definition) is 9. The van der Waals surface area contributed by atoms with Crippen LogP contribution in [0.1, 0.15) is 57.6 Å². The number of anilines is 1. The molecular formula is C19H29N3O7S. The van der Waals surface area contributed by atoms with Gasteiger partial charge in [0.1, 0.15) is 17.2 Å². The molecule has 0 radical (unpaired) electrons. The molecule has 10 nitrogen and oxygen atoms in total. The first-order valence-electron chi connectivity index (χ1n) is 9.24. The molecule has 11 heteroatoms. The van der Waals surface area contributed by atoms with Gasteiger partial charge >= 0.3 is 18.2 Å². The van der Waals surface area contributed by atoms with Crippen LogP contribution in [-0.4, -0.2) is 60.3 Å². The third kappa shape index (κ3) is 8.76. The minimum atomic E-state index is -1.07. The lowest BCUT2D eigenvalue weighted by atomic mass is 10.2. The van der Waals surface area contributed by atoms with E-state index >= 15 is 0 Å². The Kier molecular flexibility index (Phi) is 8.76. The molecule has 1 N–H and O–H groups in total. The van der Waals surface area contributed by atoms with Crippen LogP contribution in [0.15, 0.2) is 6.20 Å². The van der Waals surface area contributed by atoms with Crippen LogP contribution < -0.4 is 10.2 Å². The number of nitrogens with one attached hydrogen (secondary N) is 1. The largest absolute Gasteiger partial charge is 0.467 e. The highest BCUT2D eigenvalue weighted by atomic mass is 32.1. The molecule has 1 aromatic heterocycles. The molecule has 1 heterocycles. The quantitative estimate of drug-likeness (QED) is 0.387. The molecule has 0 fully saturated rings. The van der Waals surface area contributed by atoms with E-state index in [0.29, 0.717) is 11.2 Å². The summed E-state index contributed by atoms with van der Waals surface area (Å²) in [7, 11) is 1.19. The molecule has 0 aliphatic rings. The van der Waals surface area contributed by atoms with Crippen LogP contribution in [0.4, 0.5) is 14.7 Å². The third-order valence-corrected chi connectivity index (χ3v) is 4.24. The number of alkyl carbamates (subject to hydrolysis) is 1. The number of hydrogen-bond donors (Lipinski definition) is 1. The van der Waals surface area contributed by atoms with Crippen LogP contribution in [0.25, 0.3) is 0 Å². The molecule has 1 atom stereocenters.